The predicted molar refractivity (Wildman–Crippen MR) is 128 cm³/mol. The highest BCUT2D eigenvalue weighted by Gasteiger charge is 2.26. The maximum atomic E-state index is 9.48. The van der Waals surface area contributed by atoms with Crippen LogP contribution >= 0.6 is 11.8 Å². The Balaban J connectivity index is 0.000000628. The molecule has 7 heteroatoms. The monoisotopic (exact) mass is 437 g/mol. The molecule has 0 fully saturated rings. The molecule has 0 spiro atoms. The van der Waals surface area contributed by atoms with Crippen molar-refractivity contribution in [2.75, 3.05) is 13.1 Å². The summed E-state index contributed by atoms with van der Waals surface area (Å²) in [5.74, 6) is 0.637. The third-order valence-electron chi connectivity index (χ3n) is 5.10. The molecule has 1 heterocycles. The maximum absolute atomic E-state index is 9.48. The summed E-state index contributed by atoms with van der Waals surface area (Å²) in [5, 5.41) is 15.1. The van der Waals surface area contributed by atoms with Gasteiger partial charge in [-0.3, -0.25) is 5.43 Å². The van der Waals surface area contributed by atoms with Crippen molar-refractivity contribution in [1.29, 1.82) is 5.26 Å². The molecule has 1 aliphatic heterocycles. The third-order valence-corrected chi connectivity index (χ3v) is 6.24. The van der Waals surface area contributed by atoms with E-state index in [0.717, 1.165) is 17.0 Å². The second-order valence-corrected chi connectivity index (χ2v) is 8.90. The molecule has 1 atom stereocenters. The third kappa shape index (κ3) is 5.79. The van der Waals surface area contributed by atoms with Gasteiger partial charge >= 0.3 is 0 Å². The van der Waals surface area contributed by atoms with Crippen molar-refractivity contribution in [3.8, 4) is 11.8 Å². The van der Waals surface area contributed by atoms with Gasteiger partial charge in [0, 0.05) is 18.7 Å². The number of hydrogen-bond donors (Lipinski definition) is 3. The van der Waals surface area contributed by atoms with Crippen molar-refractivity contribution in [1.82, 2.24) is 5.43 Å². The van der Waals surface area contributed by atoms with E-state index in [-0.39, 0.29) is 11.5 Å². The van der Waals surface area contributed by atoms with E-state index in [1.807, 2.05) is 32.0 Å². The molecule has 2 aliphatic rings. The SMILES string of the molecule is CC(C)Oc1ccc(C2NN=C(c3cccc4c3CCCC4)S2)cc1C#N.NCCN. The first-order chi connectivity index (χ1) is 15.1. The van der Waals surface area contributed by atoms with Crippen LogP contribution < -0.4 is 21.6 Å². The van der Waals surface area contributed by atoms with Crippen LogP contribution in [0, 0.1) is 11.3 Å². The largest absolute Gasteiger partial charge is 0.490 e. The zero-order valence-corrected chi connectivity index (χ0v) is 19.0. The Kier molecular flexibility index (Phi) is 8.35. The van der Waals surface area contributed by atoms with Crippen molar-refractivity contribution < 1.29 is 4.74 Å². The Morgan fingerprint density at radius 2 is 1.97 bits per heavy atom. The quantitative estimate of drug-likeness (QED) is 0.656. The highest BCUT2D eigenvalue weighted by molar-refractivity contribution is 8.14. The molecule has 4 rings (SSSR count). The Morgan fingerprint density at radius 1 is 1.19 bits per heavy atom. The molecule has 0 amide bonds. The molecule has 0 aromatic heterocycles. The van der Waals surface area contributed by atoms with Crippen molar-refractivity contribution in [2.45, 2.75) is 51.0 Å². The van der Waals surface area contributed by atoms with Crippen molar-refractivity contribution >= 4 is 16.8 Å². The number of hydrazone groups is 1. The van der Waals surface area contributed by atoms with E-state index in [9.17, 15) is 5.26 Å². The van der Waals surface area contributed by atoms with Crippen LogP contribution in [-0.4, -0.2) is 24.2 Å². The van der Waals surface area contributed by atoms with Gasteiger partial charge < -0.3 is 16.2 Å². The van der Waals surface area contributed by atoms with Crippen LogP contribution in [0.15, 0.2) is 41.5 Å². The fourth-order valence-electron chi connectivity index (χ4n) is 3.68. The van der Waals surface area contributed by atoms with E-state index < -0.39 is 0 Å². The fraction of sp³-hybridized carbons (Fsp3) is 0.417. The van der Waals surface area contributed by atoms with E-state index in [2.05, 4.69) is 34.8 Å². The molecule has 0 radical (unpaired) electrons. The Morgan fingerprint density at radius 3 is 2.68 bits per heavy atom. The fourth-order valence-corrected chi connectivity index (χ4v) is 4.72. The molecule has 0 bridgehead atoms. The minimum Gasteiger partial charge on any atom is -0.490 e. The molecule has 164 valence electrons. The summed E-state index contributed by atoms with van der Waals surface area (Å²) in [6.45, 7) is 5.12. The van der Waals surface area contributed by atoms with E-state index in [1.165, 1.54) is 36.0 Å². The van der Waals surface area contributed by atoms with Crippen LogP contribution in [0.4, 0.5) is 0 Å². The molecule has 1 aliphatic carbocycles. The molecule has 5 N–H and O–H groups in total. The van der Waals surface area contributed by atoms with Crippen LogP contribution in [0.3, 0.4) is 0 Å². The van der Waals surface area contributed by atoms with Crippen LogP contribution in [-0.2, 0) is 12.8 Å². The van der Waals surface area contributed by atoms with Gasteiger partial charge in [0.05, 0.1) is 11.7 Å². The molecular formula is C24H31N5OS. The number of thioether (sulfide) groups is 1. The van der Waals surface area contributed by atoms with Crippen LogP contribution in [0.5, 0.6) is 5.75 Å². The highest BCUT2D eigenvalue weighted by atomic mass is 32.2. The molecule has 6 nitrogen and oxygen atoms in total. The Labute approximate surface area is 189 Å². The number of benzene rings is 2. The number of nitrogens with one attached hydrogen (secondary N) is 1. The van der Waals surface area contributed by atoms with Gasteiger partial charge in [-0.15, -0.1) is 0 Å². The second-order valence-electron chi connectivity index (χ2n) is 7.81. The van der Waals surface area contributed by atoms with Gasteiger partial charge in [0.2, 0.25) is 0 Å². The van der Waals surface area contributed by atoms with Crippen molar-refractivity contribution in [3.63, 3.8) is 0 Å². The van der Waals surface area contributed by atoms with Gasteiger partial charge in [-0.05, 0) is 68.4 Å². The average molecular weight is 438 g/mol. The molecule has 0 saturated heterocycles. The Hall–Kier alpha value is -2.53. The number of nitrogens with two attached hydrogens (primary N) is 2. The van der Waals surface area contributed by atoms with Crippen LogP contribution in [0.1, 0.15) is 59.9 Å². The first kappa shape index (κ1) is 23.1. The minimum absolute atomic E-state index is 0.0136. The average Bonchev–Trinajstić information content (AvgIpc) is 3.29. The molecule has 31 heavy (non-hydrogen) atoms. The van der Waals surface area contributed by atoms with Gasteiger partial charge in [0.1, 0.15) is 22.2 Å². The van der Waals surface area contributed by atoms with Gasteiger partial charge in [-0.1, -0.05) is 36.0 Å². The summed E-state index contributed by atoms with van der Waals surface area (Å²) in [5.41, 5.74) is 18.8. The number of nitrogens with zero attached hydrogens (tertiary/aromatic N) is 2. The lowest BCUT2D eigenvalue weighted by atomic mass is 9.88. The zero-order valence-electron chi connectivity index (χ0n) is 18.2. The first-order valence-corrected chi connectivity index (χ1v) is 11.7. The summed E-state index contributed by atoms with van der Waals surface area (Å²) in [6, 6.07) is 14.6. The van der Waals surface area contributed by atoms with E-state index in [4.69, 9.17) is 16.2 Å². The van der Waals surface area contributed by atoms with E-state index >= 15 is 0 Å². The molecule has 1 unspecified atom stereocenters. The van der Waals surface area contributed by atoms with Gasteiger partial charge in [0.15, 0.2) is 0 Å². The lowest BCUT2D eigenvalue weighted by molar-refractivity contribution is 0.241. The van der Waals surface area contributed by atoms with Crippen LogP contribution in [0.2, 0.25) is 0 Å². The number of hydrogen-bond acceptors (Lipinski definition) is 7. The molecule has 2 aromatic rings. The normalized spacial score (nSPS) is 17.0. The van der Waals surface area contributed by atoms with Crippen LogP contribution in [0.25, 0.3) is 0 Å². The highest BCUT2D eigenvalue weighted by Crippen LogP contribution is 2.38. The standard InChI is InChI=1S/C22H23N3OS.C2H8N2/c1-14(2)26-20-11-10-16(12-17(20)13-23)21-24-25-22(27-21)19-9-5-7-15-6-3-4-8-18(15)19;3-1-2-4/h5,7,9-12,14,21,24H,3-4,6,8H2,1-2H3;1-4H2. The molecular weight excluding hydrogens is 406 g/mol. The van der Waals surface area contributed by atoms with E-state index in [1.54, 1.807) is 11.8 Å². The number of rotatable bonds is 5. The summed E-state index contributed by atoms with van der Waals surface area (Å²) in [6.07, 6.45) is 4.87. The summed E-state index contributed by atoms with van der Waals surface area (Å²) in [4.78, 5) is 0. The van der Waals surface area contributed by atoms with Crippen molar-refractivity contribution in [3.05, 3.63) is 64.2 Å². The predicted octanol–water partition coefficient (Wildman–Crippen LogP) is 3.82. The Bertz CT molecular complexity index is 965. The molecule has 0 saturated carbocycles. The minimum atomic E-state index is 0.0136. The number of fused-ring (bicyclic) bond motifs is 1. The van der Waals surface area contributed by atoms with Gasteiger partial charge in [-0.25, -0.2) is 0 Å². The maximum Gasteiger partial charge on any atom is 0.137 e. The number of ether oxygens (including phenoxy) is 1. The number of nitriles is 1. The lowest BCUT2D eigenvalue weighted by Gasteiger charge is -2.19. The summed E-state index contributed by atoms with van der Waals surface area (Å²) in [7, 11) is 0. The summed E-state index contributed by atoms with van der Waals surface area (Å²) < 4.78 is 5.73. The molecule has 2 aromatic carbocycles. The van der Waals surface area contributed by atoms with Gasteiger partial charge in [0.25, 0.3) is 0 Å². The van der Waals surface area contributed by atoms with Crippen molar-refractivity contribution in [2.24, 2.45) is 16.6 Å². The topological polar surface area (TPSA) is 109 Å². The smallest absolute Gasteiger partial charge is 0.137 e. The zero-order chi connectivity index (χ0) is 22.2. The second kappa shape index (κ2) is 11.2. The summed E-state index contributed by atoms with van der Waals surface area (Å²) >= 11 is 1.72. The lowest BCUT2D eigenvalue weighted by Crippen LogP contribution is -2.11. The van der Waals surface area contributed by atoms with E-state index in [0.29, 0.717) is 24.4 Å². The van der Waals surface area contributed by atoms with Gasteiger partial charge in [-0.2, -0.15) is 10.4 Å². The number of aryl methyl sites for hydroxylation is 1. The first-order valence-electron chi connectivity index (χ1n) is 10.8.